The number of carbonyl (C=O) groups excluding carboxylic acids is 2. The first-order valence-electron chi connectivity index (χ1n) is 8.45. The van der Waals surface area contributed by atoms with Crippen molar-refractivity contribution in [1.82, 2.24) is 10.2 Å². The summed E-state index contributed by atoms with van der Waals surface area (Å²) in [5, 5.41) is 3.41. The van der Waals surface area contributed by atoms with Crippen LogP contribution in [-0.2, 0) is 9.59 Å². The number of primary amides is 1. The third-order valence-electron chi connectivity index (χ3n) is 4.94. The number of amides is 2. The van der Waals surface area contributed by atoms with E-state index in [0.717, 1.165) is 37.9 Å². The molecular formula is C18H25N3O2. The lowest BCUT2D eigenvalue weighted by atomic mass is 9.91. The van der Waals surface area contributed by atoms with Crippen molar-refractivity contribution in [2.75, 3.05) is 13.1 Å². The highest BCUT2D eigenvalue weighted by atomic mass is 16.2. The first-order valence-corrected chi connectivity index (χ1v) is 8.45. The molecule has 5 heteroatoms. The van der Waals surface area contributed by atoms with Crippen molar-refractivity contribution >= 4 is 11.8 Å². The molecule has 23 heavy (non-hydrogen) atoms. The Hall–Kier alpha value is -1.88. The van der Waals surface area contributed by atoms with E-state index in [9.17, 15) is 9.59 Å². The zero-order valence-corrected chi connectivity index (χ0v) is 13.6. The van der Waals surface area contributed by atoms with Gasteiger partial charge in [-0.1, -0.05) is 37.3 Å². The Morgan fingerprint density at radius 2 is 1.91 bits per heavy atom. The van der Waals surface area contributed by atoms with Gasteiger partial charge in [0.25, 0.3) is 0 Å². The van der Waals surface area contributed by atoms with Gasteiger partial charge in [0, 0.05) is 25.0 Å². The highest BCUT2D eigenvalue weighted by Gasteiger charge is 2.37. The van der Waals surface area contributed by atoms with E-state index in [-0.39, 0.29) is 17.9 Å². The molecule has 3 N–H and O–H groups in total. The van der Waals surface area contributed by atoms with Crippen LogP contribution in [0.15, 0.2) is 30.3 Å². The molecule has 1 aromatic rings. The van der Waals surface area contributed by atoms with Crippen LogP contribution in [0.3, 0.4) is 0 Å². The largest absolute Gasteiger partial charge is 0.368 e. The quantitative estimate of drug-likeness (QED) is 0.863. The molecule has 1 aliphatic carbocycles. The fraction of sp³-hybridized carbons (Fsp3) is 0.556. The molecule has 3 atom stereocenters. The average molecular weight is 315 g/mol. The van der Waals surface area contributed by atoms with Gasteiger partial charge in [0.2, 0.25) is 11.8 Å². The minimum atomic E-state index is -0.477. The van der Waals surface area contributed by atoms with Crippen LogP contribution in [0.1, 0.15) is 37.8 Å². The topological polar surface area (TPSA) is 75.4 Å². The maximum Gasteiger partial charge on any atom is 0.239 e. The number of nitrogens with one attached hydrogen (secondary N) is 1. The second kappa shape index (κ2) is 6.71. The van der Waals surface area contributed by atoms with Gasteiger partial charge in [0.1, 0.15) is 6.04 Å². The normalized spacial score (nSPS) is 25.9. The molecule has 0 aromatic heterocycles. The Morgan fingerprint density at radius 3 is 2.48 bits per heavy atom. The number of piperidine rings is 1. The van der Waals surface area contributed by atoms with E-state index in [1.165, 1.54) is 0 Å². The smallest absolute Gasteiger partial charge is 0.239 e. The molecule has 1 aliphatic heterocycles. The van der Waals surface area contributed by atoms with Gasteiger partial charge in [0.15, 0.2) is 0 Å². The van der Waals surface area contributed by atoms with Crippen LogP contribution in [0.4, 0.5) is 0 Å². The zero-order chi connectivity index (χ0) is 16.4. The second-order valence-corrected chi connectivity index (χ2v) is 6.84. The summed E-state index contributed by atoms with van der Waals surface area (Å²) < 4.78 is 0. The first kappa shape index (κ1) is 16.0. The van der Waals surface area contributed by atoms with E-state index < -0.39 is 6.04 Å². The molecule has 2 aliphatic rings. The standard InChI is InChI=1S/C18H25N3O2/c1-12-11-21(18(23)14-7-8-14)10-9-15(12)20-16(17(19)22)13-5-3-2-4-6-13/h2-6,12,14-16,20H,7-11H2,1H3,(H2,19,22). The summed E-state index contributed by atoms with van der Waals surface area (Å²) in [5.41, 5.74) is 6.48. The fourth-order valence-corrected chi connectivity index (χ4v) is 3.38. The summed E-state index contributed by atoms with van der Waals surface area (Å²) in [6.45, 7) is 3.65. The van der Waals surface area contributed by atoms with Crippen molar-refractivity contribution in [3.8, 4) is 0 Å². The van der Waals surface area contributed by atoms with Crippen molar-refractivity contribution in [2.45, 2.75) is 38.3 Å². The molecule has 3 unspecified atom stereocenters. The minimum Gasteiger partial charge on any atom is -0.368 e. The summed E-state index contributed by atoms with van der Waals surface area (Å²) in [7, 11) is 0. The third kappa shape index (κ3) is 3.72. The highest BCUT2D eigenvalue weighted by molar-refractivity contribution is 5.82. The Balaban J connectivity index is 1.63. The lowest BCUT2D eigenvalue weighted by molar-refractivity contribution is -0.135. The van der Waals surface area contributed by atoms with Gasteiger partial charge in [-0.3, -0.25) is 14.9 Å². The van der Waals surface area contributed by atoms with Gasteiger partial charge in [-0.05, 0) is 30.7 Å². The van der Waals surface area contributed by atoms with E-state index in [2.05, 4.69) is 12.2 Å². The third-order valence-corrected chi connectivity index (χ3v) is 4.94. The molecule has 1 saturated heterocycles. The number of benzene rings is 1. The molecule has 0 radical (unpaired) electrons. The second-order valence-electron chi connectivity index (χ2n) is 6.84. The SMILES string of the molecule is CC1CN(C(=O)C2CC2)CCC1NC(C(N)=O)c1ccccc1. The van der Waals surface area contributed by atoms with Crippen LogP contribution in [-0.4, -0.2) is 35.8 Å². The lowest BCUT2D eigenvalue weighted by Gasteiger charge is -2.39. The Kier molecular flexibility index (Phi) is 4.66. The van der Waals surface area contributed by atoms with Crippen LogP contribution in [0.5, 0.6) is 0 Å². The molecule has 124 valence electrons. The van der Waals surface area contributed by atoms with Gasteiger partial charge in [0.05, 0.1) is 0 Å². The number of nitrogens with zero attached hydrogens (tertiary/aromatic N) is 1. The number of nitrogens with two attached hydrogens (primary N) is 1. The van der Waals surface area contributed by atoms with Crippen LogP contribution in [0, 0.1) is 11.8 Å². The van der Waals surface area contributed by atoms with Crippen LogP contribution >= 0.6 is 0 Å². The molecule has 1 aromatic carbocycles. The van der Waals surface area contributed by atoms with E-state index >= 15 is 0 Å². The van der Waals surface area contributed by atoms with Crippen molar-refractivity contribution in [3.63, 3.8) is 0 Å². The van der Waals surface area contributed by atoms with Gasteiger partial charge in [-0.2, -0.15) is 0 Å². The molecule has 0 spiro atoms. The Labute approximate surface area is 137 Å². The molecule has 0 bridgehead atoms. The van der Waals surface area contributed by atoms with Crippen LogP contribution in [0.25, 0.3) is 0 Å². The molecular weight excluding hydrogens is 290 g/mol. The maximum atomic E-state index is 12.2. The van der Waals surface area contributed by atoms with Gasteiger partial charge in [-0.15, -0.1) is 0 Å². The maximum absolute atomic E-state index is 12.2. The summed E-state index contributed by atoms with van der Waals surface area (Å²) in [4.78, 5) is 26.0. The number of hydrogen-bond acceptors (Lipinski definition) is 3. The average Bonchev–Trinajstić information content (AvgIpc) is 3.38. The predicted octanol–water partition coefficient (Wildman–Crippen LogP) is 1.45. The molecule has 3 rings (SSSR count). The summed E-state index contributed by atoms with van der Waals surface area (Å²) >= 11 is 0. The minimum absolute atomic E-state index is 0.191. The summed E-state index contributed by atoms with van der Waals surface area (Å²) in [6, 6.07) is 9.29. The number of rotatable bonds is 5. The number of likely N-dealkylation sites (tertiary alicyclic amines) is 1. The molecule has 5 nitrogen and oxygen atoms in total. The number of carbonyl (C=O) groups is 2. The highest BCUT2D eigenvalue weighted by Crippen LogP contribution is 2.32. The Bertz CT molecular complexity index is 571. The van der Waals surface area contributed by atoms with E-state index in [4.69, 9.17) is 5.73 Å². The summed E-state index contributed by atoms with van der Waals surface area (Å²) in [5.74, 6) is 0.524. The van der Waals surface area contributed by atoms with E-state index in [0.29, 0.717) is 11.8 Å². The van der Waals surface area contributed by atoms with Gasteiger partial charge >= 0.3 is 0 Å². The first-order chi connectivity index (χ1) is 11.1. The Morgan fingerprint density at radius 1 is 1.22 bits per heavy atom. The fourth-order valence-electron chi connectivity index (χ4n) is 3.38. The molecule has 1 heterocycles. The van der Waals surface area contributed by atoms with E-state index in [1.807, 2.05) is 35.2 Å². The van der Waals surface area contributed by atoms with Gasteiger partial charge < -0.3 is 10.6 Å². The molecule has 2 fully saturated rings. The van der Waals surface area contributed by atoms with Crippen LogP contribution < -0.4 is 11.1 Å². The molecule has 2 amide bonds. The molecule has 1 saturated carbocycles. The van der Waals surface area contributed by atoms with Crippen molar-refractivity contribution in [2.24, 2.45) is 17.6 Å². The lowest BCUT2D eigenvalue weighted by Crippen LogP contribution is -2.52. The number of hydrogen-bond donors (Lipinski definition) is 2. The van der Waals surface area contributed by atoms with Crippen molar-refractivity contribution < 1.29 is 9.59 Å². The van der Waals surface area contributed by atoms with Gasteiger partial charge in [-0.25, -0.2) is 0 Å². The predicted molar refractivity (Wildman–Crippen MR) is 88.4 cm³/mol. The summed E-state index contributed by atoms with van der Waals surface area (Å²) in [6.07, 6.45) is 2.95. The zero-order valence-electron chi connectivity index (χ0n) is 13.6. The van der Waals surface area contributed by atoms with Crippen molar-refractivity contribution in [1.29, 1.82) is 0 Å². The monoisotopic (exact) mass is 315 g/mol. The van der Waals surface area contributed by atoms with Crippen LogP contribution in [0.2, 0.25) is 0 Å². The van der Waals surface area contributed by atoms with E-state index in [1.54, 1.807) is 0 Å². The van der Waals surface area contributed by atoms with Crippen molar-refractivity contribution in [3.05, 3.63) is 35.9 Å².